The Morgan fingerprint density at radius 1 is 1.15 bits per heavy atom. The summed E-state index contributed by atoms with van der Waals surface area (Å²) >= 11 is 0. The molecule has 2 aliphatic heterocycles. The van der Waals surface area contributed by atoms with E-state index in [2.05, 4.69) is 22.9 Å². The minimum Gasteiger partial charge on any atom is -0.335 e. The van der Waals surface area contributed by atoms with Gasteiger partial charge in [0.25, 0.3) is 5.91 Å². The van der Waals surface area contributed by atoms with Crippen molar-refractivity contribution in [3.8, 4) is 17.3 Å². The summed E-state index contributed by atoms with van der Waals surface area (Å²) in [7, 11) is 0. The Morgan fingerprint density at radius 3 is 2.63 bits per heavy atom. The molecule has 2 aliphatic rings. The number of likely N-dealkylation sites (tertiary alicyclic amines) is 2. The average molecular weight is 360 g/mol. The normalized spacial score (nSPS) is 20.7. The number of pyridine rings is 1. The smallest absolute Gasteiger partial charge is 0.253 e. The molecule has 138 valence electrons. The maximum atomic E-state index is 12.7. The predicted octanol–water partition coefficient (Wildman–Crippen LogP) is 3.32. The zero-order valence-corrected chi connectivity index (χ0v) is 15.6. The summed E-state index contributed by atoms with van der Waals surface area (Å²) in [5.41, 5.74) is 2.76. The second kappa shape index (κ2) is 7.50. The molecule has 1 aromatic carbocycles. The minimum atomic E-state index is 0.0983. The molecule has 0 radical (unpaired) electrons. The van der Waals surface area contributed by atoms with E-state index in [0.29, 0.717) is 23.3 Å². The molecule has 0 spiro atoms. The van der Waals surface area contributed by atoms with Crippen molar-refractivity contribution in [2.24, 2.45) is 0 Å². The first-order valence-corrected chi connectivity index (χ1v) is 9.68. The Bertz CT molecular complexity index is 865. The van der Waals surface area contributed by atoms with Gasteiger partial charge in [0, 0.05) is 36.3 Å². The number of piperidine rings is 1. The molecule has 0 N–H and O–H groups in total. The third kappa shape index (κ3) is 3.58. The highest BCUT2D eigenvalue weighted by Gasteiger charge is 2.37. The fourth-order valence-electron chi connectivity index (χ4n) is 4.12. The van der Waals surface area contributed by atoms with Gasteiger partial charge in [0.15, 0.2) is 0 Å². The molecule has 2 saturated heterocycles. The van der Waals surface area contributed by atoms with Crippen molar-refractivity contribution < 1.29 is 4.79 Å². The lowest BCUT2D eigenvalue weighted by Crippen LogP contribution is -2.63. The van der Waals surface area contributed by atoms with Crippen LogP contribution in [0.4, 0.5) is 0 Å². The van der Waals surface area contributed by atoms with Crippen molar-refractivity contribution in [2.75, 3.05) is 19.6 Å². The van der Waals surface area contributed by atoms with Crippen LogP contribution >= 0.6 is 0 Å². The van der Waals surface area contributed by atoms with Crippen LogP contribution in [-0.2, 0) is 0 Å². The molecular formula is C22H24N4O. The number of aromatic nitrogens is 1. The highest BCUT2D eigenvalue weighted by atomic mass is 16.2. The van der Waals surface area contributed by atoms with Crippen LogP contribution in [0.15, 0.2) is 42.5 Å². The van der Waals surface area contributed by atoms with Crippen LogP contribution in [0.25, 0.3) is 11.3 Å². The first kappa shape index (κ1) is 17.7. The Morgan fingerprint density at radius 2 is 1.93 bits per heavy atom. The van der Waals surface area contributed by atoms with Gasteiger partial charge in [0.1, 0.15) is 11.8 Å². The molecule has 0 aliphatic carbocycles. The van der Waals surface area contributed by atoms with E-state index in [1.807, 2.05) is 41.3 Å². The molecule has 5 nitrogen and oxygen atoms in total. The maximum Gasteiger partial charge on any atom is 0.253 e. The quantitative estimate of drug-likeness (QED) is 0.842. The molecule has 5 heteroatoms. The van der Waals surface area contributed by atoms with Crippen LogP contribution in [0.1, 0.15) is 42.2 Å². The van der Waals surface area contributed by atoms with Crippen molar-refractivity contribution in [1.82, 2.24) is 14.8 Å². The van der Waals surface area contributed by atoms with E-state index >= 15 is 0 Å². The van der Waals surface area contributed by atoms with Gasteiger partial charge < -0.3 is 4.90 Å². The average Bonchev–Trinajstić information content (AvgIpc) is 2.68. The van der Waals surface area contributed by atoms with E-state index in [9.17, 15) is 4.79 Å². The van der Waals surface area contributed by atoms with Crippen LogP contribution < -0.4 is 0 Å². The van der Waals surface area contributed by atoms with Gasteiger partial charge in [0.05, 0.1) is 5.69 Å². The highest BCUT2D eigenvalue weighted by molar-refractivity contribution is 5.95. The zero-order valence-electron chi connectivity index (χ0n) is 15.6. The van der Waals surface area contributed by atoms with E-state index < -0.39 is 0 Å². The molecule has 0 bridgehead atoms. The first-order valence-electron chi connectivity index (χ1n) is 9.68. The lowest BCUT2D eigenvalue weighted by molar-refractivity contribution is 0.00213. The molecule has 27 heavy (non-hydrogen) atoms. The Kier molecular flexibility index (Phi) is 4.91. The number of benzene rings is 1. The van der Waals surface area contributed by atoms with E-state index in [4.69, 9.17) is 5.26 Å². The van der Waals surface area contributed by atoms with Crippen molar-refractivity contribution in [2.45, 2.75) is 38.3 Å². The van der Waals surface area contributed by atoms with Crippen LogP contribution in [0.3, 0.4) is 0 Å². The standard InChI is InChI=1S/C22H24N4O/c1-16-5-2-3-12-26(16)20-14-25(15-20)22(27)18-10-8-17(9-11-18)21-7-4-6-19(13-23)24-21/h4,6-11,16,20H,2-3,5,12,14-15H2,1H3. The van der Waals surface area contributed by atoms with Crippen LogP contribution in [0.5, 0.6) is 0 Å². The SMILES string of the molecule is CC1CCCCN1C1CN(C(=O)c2ccc(-c3cccc(C#N)n3)cc2)C1. The molecular weight excluding hydrogens is 336 g/mol. The Labute approximate surface area is 160 Å². The highest BCUT2D eigenvalue weighted by Crippen LogP contribution is 2.26. The summed E-state index contributed by atoms with van der Waals surface area (Å²) in [5, 5.41) is 8.99. The topological polar surface area (TPSA) is 60.2 Å². The van der Waals surface area contributed by atoms with Gasteiger partial charge >= 0.3 is 0 Å². The van der Waals surface area contributed by atoms with E-state index in [0.717, 1.165) is 30.9 Å². The summed E-state index contributed by atoms with van der Waals surface area (Å²) in [6.45, 7) is 5.13. The second-order valence-corrected chi connectivity index (χ2v) is 7.54. The van der Waals surface area contributed by atoms with E-state index in [1.54, 1.807) is 6.07 Å². The van der Waals surface area contributed by atoms with Gasteiger partial charge in [-0.1, -0.05) is 24.6 Å². The van der Waals surface area contributed by atoms with Crippen molar-refractivity contribution in [3.05, 3.63) is 53.7 Å². The third-order valence-electron chi connectivity index (χ3n) is 5.76. The summed E-state index contributed by atoms with van der Waals surface area (Å²) in [6, 6.07) is 16.1. The van der Waals surface area contributed by atoms with Crippen molar-refractivity contribution in [1.29, 1.82) is 5.26 Å². The minimum absolute atomic E-state index is 0.0983. The van der Waals surface area contributed by atoms with Gasteiger partial charge in [-0.15, -0.1) is 0 Å². The zero-order chi connectivity index (χ0) is 18.8. The largest absolute Gasteiger partial charge is 0.335 e. The molecule has 0 saturated carbocycles. The fourth-order valence-corrected chi connectivity index (χ4v) is 4.12. The molecule has 1 amide bonds. The number of amides is 1. The number of hydrogen-bond acceptors (Lipinski definition) is 4. The molecule has 4 rings (SSSR count). The van der Waals surface area contributed by atoms with Gasteiger partial charge in [-0.05, 0) is 50.6 Å². The van der Waals surface area contributed by atoms with Crippen LogP contribution in [0, 0.1) is 11.3 Å². The number of carbonyl (C=O) groups is 1. The van der Waals surface area contributed by atoms with E-state index in [-0.39, 0.29) is 5.91 Å². The molecule has 1 unspecified atom stereocenters. The van der Waals surface area contributed by atoms with Gasteiger partial charge in [-0.2, -0.15) is 5.26 Å². The summed E-state index contributed by atoms with van der Waals surface area (Å²) in [5.74, 6) is 0.0983. The molecule has 1 aromatic heterocycles. The van der Waals surface area contributed by atoms with Crippen LogP contribution in [0.2, 0.25) is 0 Å². The summed E-state index contributed by atoms with van der Waals surface area (Å²) < 4.78 is 0. The van der Waals surface area contributed by atoms with Crippen molar-refractivity contribution in [3.63, 3.8) is 0 Å². The predicted molar refractivity (Wildman–Crippen MR) is 104 cm³/mol. The first-order chi connectivity index (χ1) is 13.2. The molecule has 3 heterocycles. The summed E-state index contributed by atoms with van der Waals surface area (Å²) in [6.07, 6.45) is 3.87. The van der Waals surface area contributed by atoms with Crippen LogP contribution in [-0.4, -0.2) is 52.4 Å². The number of hydrogen-bond donors (Lipinski definition) is 0. The van der Waals surface area contributed by atoms with Gasteiger partial charge in [-0.25, -0.2) is 4.98 Å². The third-order valence-corrected chi connectivity index (χ3v) is 5.76. The van der Waals surface area contributed by atoms with Gasteiger partial charge in [-0.3, -0.25) is 9.69 Å². The molecule has 2 aromatic rings. The monoisotopic (exact) mass is 360 g/mol. The number of nitrogens with zero attached hydrogens (tertiary/aromatic N) is 4. The maximum absolute atomic E-state index is 12.7. The number of carbonyl (C=O) groups excluding carboxylic acids is 1. The molecule has 1 atom stereocenters. The second-order valence-electron chi connectivity index (χ2n) is 7.54. The Balaban J connectivity index is 1.39. The fraction of sp³-hybridized carbons (Fsp3) is 0.409. The summed E-state index contributed by atoms with van der Waals surface area (Å²) in [4.78, 5) is 21.6. The van der Waals surface area contributed by atoms with Gasteiger partial charge in [0.2, 0.25) is 0 Å². The Hall–Kier alpha value is -2.71. The lowest BCUT2D eigenvalue weighted by Gasteiger charge is -2.49. The number of nitriles is 1. The number of rotatable bonds is 3. The lowest BCUT2D eigenvalue weighted by atomic mass is 9.97. The van der Waals surface area contributed by atoms with E-state index in [1.165, 1.54) is 19.3 Å². The molecule has 2 fully saturated rings. The van der Waals surface area contributed by atoms with Crippen molar-refractivity contribution >= 4 is 5.91 Å².